The van der Waals surface area contributed by atoms with Crippen LogP contribution >= 0.6 is 11.6 Å². The van der Waals surface area contributed by atoms with Gasteiger partial charge in [-0.25, -0.2) is 0 Å². The second-order valence-electron chi connectivity index (χ2n) is 4.25. The second kappa shape index (κ2) is 7.57. The number of hydrogen-bond acceptors (Lipinski definition) is 2. The number of nitrogens with one attached hydrogen (secondary N) is 1. The molecule has 2 atom stereocenters. The number of rotatable bonds is 7. The predicted molar refractivity (Wildman–Crippen MR) is 73.9 cm³/mol. The van der Waals surface area contributed by atoms with Gasteiger partial charge >= 0.3 is 0 Å². The Kier molecular flexibility index (Phi) is 6.38. The molecule has 2 nitrogen and oxygen atoms in total. The molecule has 0 aliphatic rings. The smallest absolute Gasteiger partial charge is 0.121 e. The normalized spacial score (nSPS) is 14.4. The first-order chi connectivity index (χ1) is 8.17. The molecule has 1 aromatic rings. The minimum absolute atomic E-state index is 0.144. The van der Waals surface area contributed by atoms with Crippen LogP contribution < -0.4 is 10.1 Å². The first-order valence-electron chi connectivity index (χ1n) is 6.33. The van der Waals surface area contributed by atoms with Crippen LogP contribution in [0.5, 0.6) is 5.75 Å². The van der Waals surface area contributed by atoms with E-state index in [1.54, 1.807) is 0 Å². The molecule has 96 valence electrons. The number of halogens is 1. The fraction of sp³-hybridized carbons (Fsp3) is 0.571. The minimum Gasteiger partial charge on any atom is -0.489 e. The molecular formula is C14H22ClNO. The zero-order valence-corrected chi connectivity index (χ0v) is 11.6. The third-order valence-electron chi connectivity index (χ3n) is 2.78. The number of benzene rings is 1. The van der Waals surface area contributed by atoms with Gasteiger partial charge in [-0.15, -0.1) is 0 Å². The average Bonchev–Trinajstić information content (AvgIpc) is 2.30. The standard InChI is InChI=1S/C14H22ClNO/c1-4-9-16-14(5-2)11(3)17-13-8-6-7-12(15)10-13/h6-8,10-11,14,16H,4-5,9H2,1-3H3. The molecule has 0 heterocycles. The highest BCUT2D eigenvalue weighted by molar-refractivity contribution is 6.30. The molecule has 1 aromatic carbocycles. The van der Waals surface area contributed by atoms with Crippen LogP contribution in [0.25, 0.3) is 0 Å². The summed E-state index contributed by atoms with van der Waals surface area (Å²) in [5, 5.41) is 4.21. The number of ether oxygens (including phenoxy) is 1. The van der Waals surface area contributed by atoms with Gasteiger partial charge in [0.05, 0.1) is 0 Å². The zero-order chi connectivity index (χ0) is 12.7. The predicted octanol–water partition coefficient (Wildman–Crippen LogP) is 3.89. The van der Waals surface area contributed by atoms with Crippen molar-refractivity contribution in [2.75, 3.05) is 6.54 Å². The van der Waals surface area contributed by atoms with Crippen LogP contribution in [0.1, 0.15) is 33.6 Å². The highest BCUT2D eigenvalue weighted by Gasteiger charge is 2.15. The molecule has 0 radical (unpaired) electrons. The van der Waals surface area contributed by atoms with Gasteiger partial charge in [0.1, 0.15) is 11.9 Å². The fourth-order valence-electron chi connectivity index (χ4n) is 1.81. The van der Waals surface area contributed by atoms with E-state index in [9.17, 15) is 0 Å². The topological polar surface area (TPSA) is 21.3 Å². The van der Waals surface area contributed by atoms with E-state index < -0.39 is 0 Å². The Hall–Kier alpha value is -0.730. The molecular weight excluding hydrogens is 234 g/mol. The molecule has 0 fully saturated rings. The van der Waals surface area contributed by atoms with Crippen LogP contribution in [0.3, 0.4) is 0 Å². The lowest BCUT2D eigenvalue weighted by Crippen LogP contribution is -2.41. The van der Waals surface area contributed by atoms with Crippen molar-refractivity contribution < 1.29 is 4.74 Å². The summed E-state index contributed by atoms with van der Waals surface area (Å²) in [6, 6.07) is 7.93. The monoisotopic (exact) mass is 255 g/mol. The Morgan fingerprint density at radius 2 is 2.12 bits per heavy atom. The van der Waals surface area contributed by atoms with Gasteiger partial charge in [-0.2, -0.15) is 0 Å². The third-order valence-corrected chi connectivity index (χ3v) is 3.02. The van der Waals surface area contributed by atoms with Crippen molar-refractivity contribution in [1.29, 1.82) is 0 Å². The molecule has 0 aliphatic carbocycles. The van der Waals surface area contributed by atoms with E-state index in [1.165, 1.54) is 0 Å². The van der Waals surface area contributed by atoms with Gasteiger partial charge < -0.3 is 10.1 Å². The van der Waals surface area contributed by atoms with E-state index in [4.69, 9.17) is 16.3 Å². The summed E-state index contributed by atoms with van der Waals surface area (Å²) in [6.45, 7) is 7.47. The molecule has 3 heteroatoms. The second-order valence-corrected chi connectivity index (χ2v) is 4.69. The molecule has 0 saturated carbocycles. The van der Waals surface area contributed by atoms with E-state index in [0.717, 1.165) is 25.1 Å². The van der Waals surface area contributed by atoms with Crippen LogP contribution in [-0.4, -0.2) is 18.7 Å². The van der Waals surface area contributed by atoms with Crippen LogP contribution in [0.4, 0.5) is 0 Å². The summed E-state index contributed by atoms with van der Waals surface area (Å²) in [5.74, 6) is 0.835. The lowest BCUT2D eigenvalue weighted by molar-refractivity contribution is 0.167. The third kappa shape index (κ3) is 4.97. The summed E-state index contributed by atoms with van der Waals surface area (Å²) in [5.41, 5.74) is 0. The van der Waals surface area contributed by atoms with E-state index in [0.29, 0.717) is 11.1 Å². The Morgan fingerprint density at radius 3 is 2.71 bits per heavy atom. The maximum Gasteiger partial charge on any atom is 0.121 e. The molecule has 1 rings (SSSR count). The number of hydrogen-bond donors (Lipinski definition) is 1. The van der Waals surface area contributed by atoms with Crippen molar-refractivity contribution in [1.82, 2.24) is 5.32 Å². The van der Waals surface area contributed by atoms with Crippen LogP contribution in [-0.2, 0) is 0 Å². The van der Waals surface area contributed by atoms with Gasteiger partial charge in [0.15, 0.2) is 0 Å². The fourth-order valence-corrected chi connectivity index (χ4v) is 1.99. The molecule has 0 spiro atoms. The lowest BCUT2D eigenvalue weighted by Gasteiger charge is -2.25. The Morgan fingerprint density at radius 1 is 1.35 bits per heavy atom. The quantitative estimate of drug-likeness (QED) is 0.798. The van der Waals surface area contributed by atoms with Gasteiger partial charge in [0, 0.05) is 11.1 Å². The summed E-state index contributed by atoms with van der Waals surface area (Å²) < 4.78 is 5.90. The van der Waals surface area contributed by atoms with Gasteiger partial charge in [-0.05, 0) is 44.5 Å². The van der Waals surface area contributed by atoms with E-state index in [1.807, 2.05) is 24.3 Å². The SMILES string of the molecule is CCCNC(CC)C(C)Oc1cccc(Cl)c1. The molecule has 0 aliphatic heterocycles. The molecule has 17 heavy (non-hydrogen) atoms. The molecule has 1 N–H and O–H groups in total. The highest BCUT2D eigenvalue weighted by Crippen LogP contribution is 2.19. The summed E-state index contributed by atoms with van der Waals surface area (Å²) >= 11 is 5.93. The first kappa shape index (κ1) is 14.3. The summed E-state index contributed by atoms with van der Waals surface area (Å²) in [6.07, 6.45) is 2.34. The average molecular weight is 256 g/mol. The van der Waals surface area contributed by atoms with Crippen molar-refractivity contribution in [3.8, 4) is 5.75 Å². The zero-order valence-electron chi connectivity index (χ0n) is 10.9. The van der Waals surface area contributed by atoms with Gasteiger partial charge in [-0.1, -0.05) is 31.5 Å². The summed E-state index contributed by atoms with van der Waals surface area (Å²) in [7, 11) is 0. The van der Waals surface area contributed by atoms with Crippen molar-refractivity contribution >= 4 is 11.6 Å². The molecule has 0 amide bonds. The summed E-state index contributed by atoms with van der Waals surface area (Å²) in [4.78, 5) is 0. The van der Waals surface area contributed by atoms with Crippen molar-refractivity contribution in [2.45, 2.75) is 45.8 Å². The molecule has 2 unspecified atom stereocenters. The van der Waals surface area contributed by atoms with Gasteiger partial charge in [0.2, 0.25) is 0 Å². The largest absolute Gasteiger partial charge is 0.489 e. The maximum atomic E-state index is 5.93. The van der Waals surface area contributed by atoms with Crippen LogP contribution in [0.2, 0.25) is 5.02 Å². The Bertz CT molecular complexity index is 330. The Labute approximate surface area is 109 Å². The van der Waals surface area contributed by atoms with Gasteiger partial charge in [0.25, 0.3) is 0 Å². The van der Waals surface area contributed by atoms with E-state index in [2.05, 4.69) is 26.1 Å². The highest BCUT2D eigenvalue weighted by atomic mass is 35.5. The van der Waals surface area contributed by atoms with Crippen LogP contribution in [0, 0.1) is 0 Å². The molecule has 0 saturated heterocycles. The minimum atomic E-state index is 0.144. The van der Waals surface area contributed by atoms with Crippen molar-refractivity contribution in [3.63, 3.8) is 0 Å². The molecule has 0 bridgehead atoms. The maximum absolute atomic E-state index is 5.93. The van der Waals surface area contributed by atoms with Crippen molar-refractivity contribution in [3.05, 3.63) is 29.3 Å². The first-order valence-corrected chi connectivity index (χ1v) is 6.70. The Balaban J connectivity index is 2.54. The van der Waals surface area contributed by atoms with E-state index in [-0.39, 0.29) is 6.10 Å². The van der Waals surface area contributed by atoms with Crippen molar-refractivity contribution in [2.24, 2.45) is 0 Å². The van der Waals surface area contributed by atoms with Crippen LogP contribution in [0.15, 0.2) is 24.3 Å². The van der Waals surface area contributed by atoms with Gasteiger partial charge in [-0.3, -0.25) is 0 Å². The van der Waals surface area contributed by atoms with E-state index >= 15 is 0 Å². The lowest BCUT2D eigenvalue weighted by atomic mass is 10.1. The molecule has 0 aromatic heterocycles.